The van der Waals surface area contributed by atoms with Gasteiger partial charge >= 0.3 is 6.18 Å². The number of benzene rings is 1. The quantitative estimate of drug-likeness (QED) is 0.650. The van der Waals surface area contributed by atoms with Gasteiger partial charge in [-0.1, -0.05) is 18.2 Å². The number of hydroxylamine groups is 1. The summed E-state index contributed by atoms with van der Waals surface area (Å²) in [5.74, 6) is 0. The third-order valence-electron chi connectivity index (χ3n) is 2.78. The second kappa shape index (κ2) is 5.06. The number of rotatable bonds is 4. The van der Waals surface area contributed by atoms with Crippen LogP contribution in [0.1, 0.15) is 23.1 Å². The van der Waals surface area contributed by atoms with E-state index in [1.807, 2.05) is 18.2 Å². The molecule has 0 spiro atoms. The van der Waals surface area contributed by atoms with Crippen LogP contribution < -0.4 is 5.48 Å². The number of fused-ring (bicyclic) bond motifs is 1. The molecule has 17 heavy (non-hydrogen) atoms. The van der Waals surface area contributed by atoms with Crippen LogP contribution in [0, 0.1) is 0 Å². The average molecular weight is 245 g/mol. The zero-order valence-electron chi connectivity index (χ0n) is 9.31. The number of aryl methyl sites for hydroxylation is 2. The Morgan fingerprint density at radius 3 is 2.71 bits per heavy atom. The summed E-state index contributed by atoms with van der Waals surface area (Å²) >= 11 is 0. The molecular weight excluding hydrogens is 231 g/mol. The molecule has 1 N–H and O–H groups in total. The molecule has 0 saturated heterocycles. The SMILES string of the molecule is FC(F)(F)CONCc1ccc2c(c1)CCC2. The van der Waals surface area contributed by atoms with Gasteiger partial charge in [-0.2, -0.15) is 18.7 Å². The summed E-state index contributed by atoms with van der Waals surface area (Å²) in [4.78, 5) is 4.35. The van der Waals surface area contributed by atoms with Crippen LogP contribution in [-0.4, -0.2) is 12.8 Å². The number of alkyl halides is 3. The molecule has 0 fully saturated rings. The van der Waals surface area contributed by atoms with Crippen LogP contribution in [-0.2, 0) is 24.2 Å². The van der Waals surface area contributed by atoms with Gasteiger partial charge < -0.3 is 0 Å². The van der Waals surface area contributed by atoms with E-state index in [4.69, 9.17) is 0 Å². The van der Waals surface area contributed by atoms with Gasteiger partial charge in [0.1, 0.15) is 0 Å². The first-order chi connectivity index (χ1) is 8.04. The Hall–Kier alpha value is -1.07. The fraction of sp³-hybridized carbons (Fsp3) is 0.500. The van der Waals surface area contributed by atoms with Gasteiger partial charge in [0.25, 0.3) is 0 Å². The molecule has 0 aliphatic heterocycles. The summed E-state index contributed by atoms with van der Waals surface area (Å²) in [5, 5.41) is 0. The molecule has 2 rings (SSSR count). The summed E-state index contributed by atoms with van der Waals surface area (Å²) in [6, 6.07) is 6.00. The summed E-state index contributed by atoms with van der Waals surface area (Å²) in [6.45, 7) is -0.971. The fourth-order valence-electron chi connectivity index (χ4n) is 2.00. The minimum Gasteiger partial charge on any atom is -0.292 e. The molecule has 0 aromatic heterocycles. The zero-order chi connectivity index (χ0) is 12.3. The lowest BCUT2D eigenvalue weighted by atomic mass is 10.1. The maximum Gasteiger partial charge on any atom is 0.413 e. The van der Waals surface area contributed by atoms with E-state index in [-0.39, 0.29) is 0 Å². The van der Waals surface area contributed by atoms with Gasteiger partial charge in [-0.05, 0) is 36.0 Å². The van der Waals surface area contributed by atoms with Crippen LogP contribution in [0.25, 0.3) is 0 Å². The molecule has 1 aliphatic carbocycles. The van der Waals surface area contributed by atoms with Crippen molar-refractivity contribution in [1.29, 1.82) is 0 Å². The van der Waals surface area contributed by atoms with Gasteiger partial charge in [-0.3, -0.25) is 4.84 Å². The van der Waals surface area contributed by atoms with Gasteiger partial charge in [0, 0.05) is 6.54 Å². The van der Waals surface area contributed by atoms with Crippen LogP contribution in [0.15, 0.2) is 18.2 Å². The van der Waals surface area contributed by atoms with Gasteiger partial charge in [-0.15, -0.1) is 0 Å². The molecule has 0 unspecified atom stereocenters. The summed E-state index contributed by atoms with van der Waals surface area (Å²) in [7, 11) is 0. The van der Waals surface area contributed by atoms with Gasteiger partial charge in [0.15, 0.2) is 6.61 Å². The predicted octanol–water partition coefficient (Wildman–Crippen LogP) is 2.76. The Kier molecular flexibility index (Phi) is 3.69. The van der Waals surface area contributed by atoms with E-state index in [1.54, 1.807) is 0 Å². The van der Waals surface area contributed by atoms with E-state index < -0.39 is 12.8 Å². The van der Waals surface area contributed by atoms with Gasteiger partial charge in [0.2, 0.25) is 0 Å². The topological polar surface area (TPSA) is 21.3 Å². The largest absolute Gasteiger partial charge is 0.413 e. The Morgan fingerprint density at radius 2 is 1.94 bits per heavy atom. The van der Waals surface area contributed by atoms with Crippen LogP contribution in [0.2, 0.25) is 0 Å². The van der Waals surface area contributed by atoms with Crippen LogP contribution in [0.4, 0.5) is 13.2 Å². The summed E-state index contributed by atoms with van der Waals surface area (Å²) in [6.07, 6.45) is -0.956. The standard InChI is InChI=1S/C12H14F3NO/c13-12(14,15)8-17-16-7-9-4-5-10-2-1-3-11(10)6-9/h4-6,16H,1-3,7-8H2. The molecule has 5 heteroatoms. The van der Waals surface area contributed by atoms with E-state index in [9.17, 15) is 13.2 Å². The van der Waals surface area contributed by atoms with E-state index >= 15 is 0 Å². The monoisotopic (exact) mass is 245 g/mol. The summed E-state index contributed by atoms with van der Waals surface area (Å²) < 4.78 is 35.4. The molecule has 0 radical (unpaired) electrons. The van der Waals surface area contributed by atoms with Crippen LogP contribution >= 0.6 is 0 Å². The molecular formula is C12H14F3NO. The first-order valence-corrected chi connectivity index (χ1v) is 5.57. The lowest BCUT2D eigenvalue weighted by molar-refractivity contribution is -0.190. The highest BCUT2D eigenvalue weighted by molar-refractivity contribution is 5.35. The summed E-state index contributed by atoms with van der Waals surface area (Å²) in [5.41, 5.74) is 5.94. The molecule has 1 aromatic carbocycles. The second-order valence-corrected chi connectivity index (χ2v) is 4.18. The van der Waals surface area contributed by atoms with E-state index in [0.29, 0.717) is 6.54 Å². The van der Waals surface area contributed by atoms with Crippen molar-refractivity contribution in [2.24, 2.45) is 0 Å². The molecule has 0 saturated carbocycles. The highest BCUT2D eigenvalue weighted by Crippen LogP contribution is 2.22. The van der Waals surface area contributed by atoms with Crippen molar-refractivity contribution < 1.29 is 18.0 Å². The highest BCUT2D eigenvalue weighted by atomic mass is 19.4. The first kappa shape index (κ1) is 12.4. The third-order valence-corrected chi connectivity index (χ3v) is 2.78. The van der Waals surface area contributed by atoms with Crippen LogP contribution in [0.5, 0.6) is 0 Å². The first-order valence-electron chi connectivity index (χ1n) is 5.57. The Balaban J connectivity index is 1.80. The smallest absolute Gasteiger partial charge is 0.292 e. The van der Waals surface area contributed by atoms with Crippen molar-refractivity contribution in [2.75, 3.05) is 6.61 Å². The van der Waals surface area contributed by atoms with E-state index in [2.05, 4.69) is 10.3 Å². The highest BCUT2D eigenvalue weighted by Gasteiger charge is 2.27. The molecule has 94 valence electrons. The van der Waals surface area contributed by atoms with Crippen molar-refractivity contribution in [3.63, 3.8) is 0 Å². The predicted molar refractivity (Wildman–Crippen MR) is 57.3 cm³/mol. The van der Waals surface area contributed by atoms with Crippen molar-refractivity contribution in [1.82, 2.24) is 5.48 Å². The lowest BCUT2D eigenvalue weighted by Gasteiger charge is -2.09. The number of halogens is 3. The normalized spacial score (nSPS) is 15.0. The van der Waals surface area contributed by atoms with Crippen molar-refractivity contribution >= 4 is 0 Å². The Bertz CT molecular complexity index is 390. The molecule has 0 heterocycles. The fourth-order valence-corrected chi connectivity index (χ4v) is 2.00. The van der Waals surface area contributed by atoms with Crippen molar-refractivity contribution in [2.45, 2.75) is 32.0 Å². The van der Waals surface area contributed by atoms with Crippen molar-refractivity contribution in [3.05, 3.63) is 34.9 Å². The van der Waals surface area contributed by atoms with Crippen molar-refractivity contribution in [3.8, 4) is 0 Å². The average Bonchev–Trinajstić information content (AvgIpc) is 2.70. The maximum atomic E-state index is 11.8. The van der Waals surface area contributed by atoms with E-state index in [1.165, 1.54) is 11.1 Å². The lowest BCUT2D eigenvalue weighted by Crippen LogP contribution is -2.24. The zero-order valence-corrected chi connectivity index (χ0v) is 9.31. The van der Waals surface area contributed by atoms with E-state index in [0.717, 1.165) is 24.8 Å². The number of hydrogen-bond acceptors (Lipinski definition) is 2. The number of hydrogen-bond donors (Lipinski definition) is 1. The molecule has 0 atom stereocenters. The Labute approximate surface area is 97.7 Å². The maximum absolute atomic E-state index is 11.8. The molecule has 1 aromatic rings. The minimum atomic E-state index is -4.29. The molecule has 2 nitrogen and oxygen atoms in total. The molecule has 0 amide bonds. The van der Waals surface area contributed by atoms with Gasteiger partial charge in [0.05, 0.1) is 0 Å². The van der Waals surface area contributed by atoms with Gasteiger partial charge in [-0.25, -0.2) is 0 Å². The third kappa shape index (κ3) is 3.71. The minimum absolute atomic E-state index is 0.295. The number of nitrogens with one attached hydrogen (secondary N) is 1. The molecule has 1 aliphatic rings. The Morgan fingerprint density at radius 1 is 1.18 bits per heavy atom. The second-order valence-electron chi connectivity index (χ2n) is 4.18. The molecule has 0 bridgehead atoms. The van der Waals surface area contributed by atoms with Crippen LogP contribution in [0.3, 0.4) is 0 Å².